The molecule has 2 aromatic carbocycles. The van der Waals surface area contributed by atoms with Crippen LogP contribution >= 0.6 is 0 Å². The summed E-state index contributed by atoms with van der Waals surface area (Å²) < 4.78 is 10.6. The number of aromatic nitrogens is 1. The second-order valence-corrected chi connectivity index (χ2v) is 9.48. The lowest BCUT2D eigenvalue weighted by Crippen LogP contribution is -2.36. The Labute approximate surface area is 209 Å². The number of aromatic amines is 1. The number of nitrogens with one attached hydrogen (secondary N) is 1. The number of hydrogen-bond acceptors (Lipinski definition) is 6. The van der Waals surface area contributed by atoms with Gasteiger partial charge in [0.25, 0.3) is 5.91 Å². The first kappa shape index (κ1) is 24.1. The van der Waals surface area contributed by atoms with Crippen LogP contribution in [0.25, 0.3) is 10.9 Å². The molecule has 2 aliphatic rings. The lowest BCUT2D eigenvalue weighted by atomic mass is 9.95. The van der Waals surface area contributed by atoms with E-state index in [0.717, 1.165) is 35.7 Å². The number of H-pyrrole nitrogens is 1. The van der Waals surface area contributed by atoms with Crippen LogP contribution in [0, 0.1) is 5.92 Å². The third-order valence-corrected chi connectivity index (χ3v) is 7.22. The van der Waals surface area contributed by atoms with E-state index in [2.05, 4.69) is 10.1 Å². The summed E-state index contributed by atoms with van der Waals surface area (Å²) in [7, 11) is 1.58. The lowest BCUT2D eigenvalue weighted by Gasteiger charge is -2.24. The second kappa shape index (κ2) is 10.5. The van der Waals surface area contributed by atoms with E-state index in [-0.39, 0.29) is 5.97 Å². The van der Waals surface area contributed by atoms with Gasteiger partial charge in [-0.2, -0.15) is 5.10 Å². The number of rotatable bonds is 8. The molecule has 1 aliphatic carbocycles. The number of amides is 1. The standard InChI is InChI=1S/C28H31N3O5/c1-35-20-13-11-19(12-14-20)27-28(34)26(22-16-29-23-9-5-4-8-21(22)23)30-31(27)24(32)17-36-25(33)15-10-18-6-2-3-7-18/h4-5,8-9,11-14,16,18,27-29,34H,2-3,6-7,10,15,17H2,1H3/t27-,28-/m1/s1. The molecule has 1 fully saturated rings. The van der Waals surface area contributed by atoms with Gasteiger partial charge in [-0.15, -0.1) is 0 Å². The number of hydrazone groups is 1. The molecule has 36 heavy (non-hydrogen) atoms. The number of carbonyl (C=O) groups excluding carboxylic acids is 2. The van der Waals surface area contributed by atoms with Crippen LogP contribution in [-0.2, 0) is 14.3 Å². The molecule has 2 heterocycles. The monoisotopic (exact) mass is 489 g/mol. The predicted molar refractivity (Wildman–Crippen MR) is 136 cm³/mol. The Balaban J connectivity index is 1.36. The fraction of sp³-hybridized carbons (Fsp3) is 0.393. The van der Waals surface area contributed by atoms with Gasteiger partial charge in [0.2, 0.25) is 0 Å². The van der Waals surface area contributed by atoms with Crippen LogP contribution in [-0.4, -0.2) is 52.5 Å². The molecule has 0 bridgehead atoms. The van der Waals surface area contributed by atoms with Crippen LogP contribution in [0.1, 0.15) is 55.7 Å². The van der Waals surface area contributed by atoms with Gasteiger partial charge in [-0.25, -0.2) is 5.01 Å². The zero-order valence-electron chi connectivity index (χ0n) is 20.4. The summed E-state index contributed by atoms with van der Waals surface area (Å²) in [5, 5.41) is 18.1. The summed E-state index contributed by atoms with van der Waals surface area (Å²) in [5.41, 5.74) is 2.71. The minimum absolute atomic E-state index is 0.312. The number of nitrogens with zero attached hydrogens (tertiary/aromatic N) is 2. The highest BCUT2D eigenvalue weighted by Crippen LogP contribution is 2.36. The van der Waals surface area contributed by atoms with Crippen molar-refractivity contribution in [1.82, 2.24) is 9.99 Å². The molecule has 2 N–H and O–H groups in total. The van der Waals surface area contributed by atoms with Crippen molar-refractivity contribution in [2.75, 3.05) is 13.7 Å². The highest BCUT2D eigenvalue weighted by atomic mass is 16.5. The number of aliphatic hydroxyl groups is 1. The number of methoxy groups -OCH3 is 1. The highest BCUT2D eigenvalue weighted by Gasteiger charge is 2.42. The number of para-hydroxylation sites is 1. The zero-order chi connectivity index (χ0) is 25.1. The van der Waals surface area contributed by atoms with E-state index in [1.165, 1.54) is 17.9 Å². The minimum Gasteiger partial charge on any atom is -0.497 e. The quantitative estimate of drug-likeness (QED) is 0.458. The summed E-state index contributed by atoms with van der Waals surface area (Å²) >= 11 is 0. The van der Waals surface area contributed by atoms with Crippen LogP contribution in [0.3, 0.4) is 0 Å². The smallest absolute Gasteiger partial charge is 0.306 e. The molecule has 1 aromatic heterocycles. The van der Waals surface area contributed by atoms with Crippen molar-refractivity contribution in [2.45, 2.75) is 50.7 Å². The number of fused-ring (bicyclic) bond motifs is 1. The molecule has 0 saturated heterocycles. The van der Waals surface area contributed by atoms with Gasteiger partial charge in [0.15, 0.2) is 6.61 Å². The number of aliphatic hydroxyl groups excluding tert-OH is 1. The van der Waals surface area contributed by atoms with Gasteiger partial charge < -0.3 is 19.6 Å². The summed E-state index contributed by atoms with van der Waals surface area (Å²) in [4.78, 5) is 28.7. The van der Waals surface area contributed by atoms with Crippen LogP contribution in [0.2, 0.25) is 0 Å². The summed E-state index contributed by atoms with van der Waals surface area (Å²) in [6, 6.07) is 14.1. The average molecular weight is 490 g/mol. The third-order valence-electron chi connectivity index (χ3n) is 7.22. The molecule has 1 saturated carbocycles. The molecule has 0 unspecified atom stereocenters. The number of ether oxygens (including phenoxy) is 2. The van der Waals surface area contributed by atoms with Crippen molar-refractivity contribution in [3.8, 4) is 5.75 Å². The molecular formula is C28H31N3O5. The van der Waals surface area contributed by atoms with Crippen molar-refractivity contribution in [3.63, 3.8) is 0 Å². The third kappa shape index (κ3) is 4.86. The Morgan fingerprint density at radius 3 is 2.61 bits per heavy atom. The van der Waals surface area contributed by atoms with E-state index < -0.39 is 24.7 Å². The van der Waals surface area contributed by atoms with Gasteiger partial charge in [-0.1, -0.05) is 56.0 Å². The maximum absolute atomic E-state index is 13.2. The topological polar surface area (TPSA) is 104 Å². The van der Waals surface area contributed by atoms with Crippen LogP contribution in [0.15, 0.2) is 59.8 Å². The van der Waals surface area contributed by atoms with Crippen LogP contribution < -0.4 is 4.74 Å². The van der Waals surface area contributed by atoms with Crippen molar-refractivity contribution < 1.29 is 24.2 Å². The summed E-state index contributed by atoms with van der Waals surface area (Å²) in [6.45, 7) is -0.423. The molecule has 0 radical (unpaired) electrons. The molecule has 8 heteroatoms. The maximum Gasteiger partial charge on any atom is 0.306 e. The summed E-state index contributed by atoms with van der Waals surface area (Å²) in [5.74, 6) is 0.374. The number of benzene rings is 2. The first-order chi connectivity index (χ1) is 17.5. The van der Waals surface area contributed by atoms with E-state index >= 15 is 0 Å². The first-order valence-electron chi connectivity index (χ1n) is 12.5. The Morgan fingerprint density at radius 2 is 1.86 bits per heavy atom. The highest BCUT2D eigenvalue weighted by molar-refractivity contribution is 6.14. The van der Waals surface area contributed by atoms with E-state index in [0.29, 0.717) is 29.4 Å². The molecule has 1 amide bonds. The lowest BCUT2D eigenvalue weighted by molar-refractivity contribution is -0.153. The van der Waals surface area contributed by atoms with E-state index in [9.17, 15) is 14.7 Å². The van der Waals surface area contributed by atoms with Crippen LogP contribution in [0.4, 0.5) is 0 Å². The van der Waals surface area contributed by atoms with Crippen LogP contribution in [0.5, 0.6) is 5.75 Å². The fourth-order valence-corrected chi connectivity index (χ4v) is 5.25. The SMILES string of the molecule is COc1ccc([C@@H]2[C@H](O)C(c3c[nH]c4ccccc34)=NN2C(=O)COC(=O)CCC2CCCC2)cc1. The molecule has 188 valence electrons. The molecule has 1 aliphatic heterocycles. The van der Waals surface area contributed by atoms with Crippen molar-refractivity contribution in [2.24, 2.45) is 11.0 Å². The molecule has 8 nitrogen and oxygen atoms in total. The van der Waals surface area contributed by atoms with E-state index in [1.807, 2.05) is 24.3 Å². The Morgan fingerprint density at radius 1 is 1.11 bits per heavy atom. The number of hydrogen-bond donors (Lipinski definition) is 2. The molecular weight excluding hydrogens is 458 g/mol. The number of esters is 1. The average Bonchev–Trinajstić information content (AvgIpc) is 3.65. The normalized spacial score (nSPS) is 20.1. The molecule has 0 spiro atoms. The Kier molecular flexibility index (Phi) is 7.04. The summed E-state index contributed by atoms with van der Waals surface area (Å²) in [6.07, 6.45) is 6.59. The maximum atomic E-state index is 13.2. The molecule has 5 rings (SSSR count). The molecule has 2 atom stereocenters. The second-order valence-electron chi connectivity index (χ2n) is 9.48. The van der Waals surface area contributed by atoms with Crippen molar-refractivity contribution >= 4 is 28.5 Å². The fourth-order valence-electron chi connectivity index (χ4n) is 5.25. The molecule has 3 aromatic rings. The predicted octanol–water partition coefficient (Wildman–Crippen LogP) is 4.34. The minimum atomic E-state index is -1.07. The van der Waals surface area contributed by atoms with Gasteiger partial charge in [0.05, 0.1) is 7.11 Å². The van der Waals surface area contributed by atoms with Crippen molar-refractivity contribution in [3.05, 3.63) is 65.9 Å². The Hall–Kier alpha value is -3.65. The van der Waals surface area contributed by atoms with Gasteiger partial charge in [0.1, 0.15) is 23.6 Å². The van der Waals surface area contributed by atoms with Gasteiger partial charge in [-0.3, -0.25) is 9.59 Å². The van der Waals surface area contributed by atoms with Gasteiger partial charge in [-0.05, 0) is 36.1 Å². The van der Waals surface area contributed by atoms with E-state index in [4.69, 9.17) is 9.47 Å². The largest absolute Gasteiger partial charge is 0.497 e. The zero-order valence-corrected chi connectivity index (χ0v) is 20.4. The number of carbonyl (C=O) groups is 2. The Bertz CT molecular complexity index is 1260. The van der Waals surface area contributed by atoms with Crippen molar-refractivity contribution in [1.29, 1.82) is 0 Å². The van der Waals surface area contributed by atoms with Gasteiger partial charge >= 0.3 is 5.97 Å². The van der Waals surface area contributed by atoms with Gasteiger partial charge in [0, 0.05) is 29.1 Å². The van der Waals surface area contributed by atoms with E-state index in [1.54, 1.807) is 37.6 Å². The first-order valence-corrected chi connectivity index (χ1v) is 12.5.